The van der Waals surface area contributed by atoms with Crippen LogP contribution >= 0.6 is 0 Å². The number of hydrogen-bond donors (Lipinski definition) is 0. The van der Waals surface area contributed by atoms with Crippen LogP contribution in [0, 0.1) is 0 Å². The van der Waals surface area contributed by atoms with Crippen LogP contribution in [0.5, 0.6) is 0 Å². The van der Waals surface area contributed by atoms with Gasteiger partial charge in [0.15, 0.2) is 0 Å². The summed E-state index contributed by atoms with van der Waals surface area (Å²) >= 11 is 0. The Labute approximate surface area is 277 Å². The summed E-state index contributed by atoms with van der Waals surface area (Å²) in [5.74, 6) is 0. The van der Waals surface area contributed by atoms with Gasteiger partial charge in [-0.3, -0.25) is 0 Å². The van der Waals surface area contributed by atoms with Crippen LogP contribution in [0.25, 0.3) is 76.2 Å². The molecule has 1 heterocycles. The number of hydrogen-bond acceptors (Lipinski definition) is 2. The van der Waals surface area contributed by atoms with Gasteiger partial charge in [0.1, 0.15) is 11.2 Å². The smallest absolute Gasteiger partial charge is 0.136 e. The van der Waals surface area contributed by atoms with Crippen LogP contribution in [0.3, 0.4) is 0 Å². The topological polar surface area (TPSA) is 16.4 Å². The van der Waals surface area contributed by atoms with Crippen molar-refractivity contribution in [1.29, 1.82) is 0 Å². The average molecular weight is 612 g/mol. The third-order valence-corrected chi connectivity index (χ3v) is 9.79. The molecule has 0 spiro atoms. The van der Waals surface area contributed by atoms with E-state index < -0.39 is 0 Å². The van der Waals surface area contributed by atoms with E-state index in [4.69, 9.17) is 4.42 Å². The van der Waals surface area contributed by atoms with Crippen molar-refractivity contribution in [3.63, 3.8) is 0 Å². The molecule has 0 bridgehead atoms. The van der Waals surface area contributed by atoms with E-state index in [9.17, 15) is 0 Å². The lowest BCUT2D eigenvalue weighted by Crippen LogP contribution is -2.11. The van der Waals surface area contributed by atoms with Gasteiger partial charge in [0, 0.05) is 27.2 Å². The quantitative estimate of drug-likeness (QED) is 0.184. The molecule has 0 N–H and O–H groups in total. The van der Waals surface area contributed by atoms with Crippen LogP contribution in [0.4, 0.5) is 17.1 Å². The van der Waals surface area contributed by atoms with E-state index in [1.807, 2.05) is 12.1 Å². The molecular formula is C46H29NO. The number of fused-ring (bicyclic) bond motifs is 9. The van der Waals surface area contributed by atoms with Crippen LogP contribution in [0.1, 0.15) is 0 Å². The Bertz CT molecular complexity index is 2850. The number of nitrogens with zero attached hydrogens (tertiary/aromatic N) is 1. The number of anilines is 3. The zero-order chi connectivity index (χ0) is 31.6. The Morgan fingerprint density at radius 2 is 1.00 bits per heavy atom. The third-order valence-electron chi connectivity index (χ3n) is 9.79. The molecule has 0 amide bonds. The molecule has 0 aliphatic heterocycles. The van der Waals surface area contributed by atoms with Crippen LogP contribution in [0.2, 0.25) is 0 Å². The molecule has 1 aromatic heterocycles. The fourth-order valence-electron chi connectivity index (χ4n) is 7.58. The van der Waals surface area contributed by atoms with E-state index in [1.54, 1.807) is 0 Å². The van der Waals surface area contributed by atoms with Gasteiger partial charge < -0.3 is 9.32 Å². The van der Waals surface area contributed by atoms with Gasteiger partial charge >= 0.3 is 0 Å². The van der Waals surface area contributed by atoms with E-state index in [0.29, 0.717) is 0 Å². The summed E-state index contributed by atoms with van der Waals surface area (Å²) in [6, 6.07) is 63.5. The first-order valence-electron chi connectivity index (χ1n) is 16.4. The fourth-order valence-corrected chi connectivity index (χ4v) is 7.58. The first-order valence-corrected chi connectivity index (χ1v) is 16.4. The highest BCUT2D eigenvalue weighted by atomic mass is 16.3. The highest BCUT2D eigenvalue weighted by Crippen LogP contribution is 2.46. The highest BCUT2D eigenvalue weighted by Gasteiger charge is 2.20. The van der Waals surface area contributed by atoms with Crippen molar-refractivity contribution in [3.05, 3.63) is 176 Å². The second-order valence-electron chi connectivity index (χ2n) is 12.5. The van der Waals surface area contributed by atoms with Crippen molar-refractivity contribution in [2.75, 3.05) is 4.90 Å². The lowest BCUT2D eigenvalue weighted by atomic mass is 9.95. The van der Waals surface area contributed by atoms with Gasteiger partial charge in [-0.25, -0.2) is 0 Å². The predicted molar refractivity (Wildman–Crippen MR) is 204 cm³/mol. The summed E-state index contributed by atoms with van der Waals surface area (Å²) in [5, 5.41) is 12.1. The molecule has 0 radical (unpaired) electrons. The minimum absolute atomic E-state index is 0.905. The van der Waals surface area contributed by atoms with E-state index in [0.717, 1.165) is 44.4 Å². The van der Waals surface area contributed by atoms with Crippen molar-refractivity contribution in [1.82, 2.24) is 0 Å². The van der Waals surface area contributed by atoms with Crippen LogP contribution in [-0.4, -0.2) is 0 Å². The van der Waals surface area contributed by atoms with Crippen molar-refractivity contribution >= 4 is 82.1 Å². The molecule has 224 valence electrons. The van der Waals surface area contributed by atoms with Gasteiger partial charge in [0.05, 0.1) is 11.4 Å². The van der Waals surface area contributed by atoms with Crippen molar-refractivity contribution in [3.8, 4) is 11.1 Å². The summed E-state index contributed by atoms with van der Waals surface area (Å²) in [6.45, 7) is 0. The molecule has 2 heteroatoms. The number of rotatable bonds is 4. The maximum Gasteiger partial charge on any atom is 0.136 e. The largest absolute Gasteiger partial charge is 0.456 e. The molecular weight excluding hydrogens is 583 g/mol. The Hall–Kier alpha value is -6.38. The van der Waals surface area contributed by atoms with Gasteiger partial charge in [0.25, 0.3) is 0 Å². The highest BCUT2D eigenvalue weighted by molar-refractivity contribution is 6.23. The third kappa shape index (κ3) is 4.13. The first kappa shape index (κ1) is 26.8. The molecule has 0 unspecified atom stereocenters. The Morgan fingerprint density at radius 1 is 0.333 bits per heavy atom. The molecule has 10 rings (SSSR count). The average Bonchev–Trinajstić information content (AvgIpc) is 3.52. The normalized spacial score (nSPS) is 11.8. The maximum atomic E-state index is 6.31. The van der Waals surface area contributed by atoms with Crippen LogP contribution in [-0.2, 0) is 0 Å². The summed E-state index contributed by atoms with van der Waals surface area (Å²) in [7, 11) is 0. The monoisotopic (exact) mass is 611 g/mol. The Morgan fingerprint density at radius 3 is 1.92 bits per heavy atom. The maximum absolute atomic E-state index is 6.31. The van der Waals surface area contributed by atoms with Crippen molar-refractivity contribution in [2.45, 2.75) is 0 Å². The number of benzene rings is 9. The predicted octanol–water partition coefficient (Wildman–Crippen LogP) is 13.3. The van der Waals surface area contributed by atoms with E-state index in [-0.39, 0.29) is 0 Å². The summed E-state index contributed by atoms with van der Waals surface area (Å²) in [5.41, 5.74) is 7.54. The van der Waals surface area contributed by atoms with Gasteiger partial charge in [-0.15, -0.1) is 0 Å². The van der Waals surface area contributed by atoms with Crippen molar-refractivity contribution in [2.24, 2.45) is 0 Å². The zero-order valence-corrected chi connectivity index (χ0v) is 26.1. The van der Waals surface area contributed by atoms with Gasteiger partial charge in [-0.2, -0.15) is 0 Å². The fraction of sp³-hybridized carbons (Fsp3) is 0. The zero-order valence-electron chi connectivity index (χ0n) is 26.1. The SMILES string of the molecule is c1ccc(-c2cccc(N(c3cccc4cc5oc6ccccc6c5cc34)c3cccc4c3ccc3ccc5ccccc5c34)c2)cc1. The molecule has 0 saturated heterocycles. The number of furan rings is 1. The lowest BCUT2D eigenvalue weighted by Gasteiger charge is -2.29. The molecule has 0 fully saturated rings. The van der Waals surface area contributed by atoms with Crippen LogP contribution < -0.4 is 4.90 Å². The second kappa shape index (κ2) is 10.6. The molecule has 0 aliphatic rings. The Balaban J connectivity index is 1.30. The number of para-hydroxylation sites is 1. The standard InChI is InChI=1S/C46H29NO/c1-2-11-30(12-3-1)33-14-8-16-35(27-33)47(43-20-9-15-34-28-45-41(29-40(34)43)38-18-6-7-22-44(38)48-45)42-21-10-19-39-37(42)26-25-32-24-23-31-13-4-5-17-36(31)46(32)39/h1-29H. The van der Waals surface area contributed by atoms with E-state index in [1.165, 1.54) is 48.8 Å². The van der Waals surface area contributed by atoms with Crippen LogP contribution in [0.15, 0.2) is 180 Å². The minimum atomic E-state index is 0.905. The van der Waals surface area contributed by atoms with Gasteiger partial charge in [0.2, 0.25) is 0 Å². The molecule has 10 aromatic rings. The summed E-state index contributed by atoms with van der Waals surface area (Å²) < 4.78 is 6.31. The summed E-state index contributed by atoms with van der Waals surface area (Å²) in [4.78, 5) is 2.45. The van der Waals surface area contributed by atoms with E-state index >= 15 is 0 Å². The van der Waals surface area contributed by atoms with Gasteiger partial charge in [-0.1, -0.05) is 133 Å². The summed E-state index contributed by atoms with van der Waals surface area (Å²) in [6.07, 6.45) is 0. The van der Waals surface area contributed by atoms with E-state index in [2.05, 4.69) is 169 Å². The Kier molecular flexibility index (Phi) is 5.91. The minimum Gasteiger partial charge on any atom is -0.456 e. The molecule has 2 nitrogen and oxygen atoms in total. The molecule has 48 heavy (non-hydrogen) atoms. The lowest BCUT2D eigenvalue weighted by molar-refractivity contribution is 0.669. The van der Waals surface area contributed by atoms with Gasteiger partial charge in [-0.05, 0) is 85.9 Å². The molecule has 9 aromatic carbocycles. The molecule has 0 atom stereocenters. The molecule has 0 saturated carbocycles. The second-order valence-corrected chi connectivity index (χ2v) is 12.5. The first-order chi connectivity index (χ1) is 23.8. The van der Waals surface area contributed by atoms with Crippen molar-refractivity contribution < 1.29 is 4.42 Å². The molecule has 0 aliphatic carbocycles.